The lowest BCUT2D eigenvalue weighted by Gasteiger charge is -2.06. The van der Waals surface area contributed by atoms with Crippen LogP contribution in [0.3, 0.4) is 0 Å². The summed E-state index contributed by atoms with van der Waals surface area (Å²) in [7, 11) is 0. The molecule has 0 radical (unpaired) electrons. The molecule has 102 valence electrons. The quantitative estimate of drug-likeness (QED) is 0.788. The Hall–Kier alpha value is -2.49. The number of hydrogen-bond donors (Lipinski definition) is 1. The van der Waals surface area contributed by atoms with E-state index < -0.39 is 0 Å². The first kappa shape index (κ1) is 12.5. The van der Waals surface area contributed by atoms with Crippen LogP contribution in [0.5, 0.6) is 5.75 Å². The van der Waals surface area contributed by atoms with E-state index in [1.165, 1.54) is 0 Å². The summed E-state index contributed by atoms with van der Waals surface area (Å²) in [5, 5.41) is 0. The molecule has 3 rings (SSSR count). The second kappa shape index (κ2) is 5.25. The lowest BCUT2D eigenvalue weighted by Crippen LogP contribution is -1.96. The number of hydrogen-bond acceptors (Lipinski definition) is 3. The molecule has 0 aliphatic heterocycles. The molecule has 0 bridgehead atoms. The van der Waals surface area contributed by atoms with E-state index in [9.17, 15) is 0 Å². The smallest absolute Gasteiger partial charge is 0.139 e. The van der Waals surface area contributed by atoms with Crippen LogP contribution in [0.1, 0.15) is 13.3 Å². The number of pyridine rings is 1. The first-order chi connectivity index (χ1) is 9.79. The van der Waals surface area contributed by atoms with E-state index in [-0.39, 0.29) is 0 Å². The summed E-state index contributed by atoms with van der Waals surface area (Å²) < 4.78 is 7.54. The van der Waals surface area contributed by atoms with Gasteiger partial charge < -0.3 is 10.5 Å². The zero-order chi connectivity index (χ0) is 13.9. The van der Waals surface area contributed by atoms with Crippen molar-refractivity contribution >= 4 is 11.5 Å². The van der Waals surface area contributed by atoms with Crippen LogP contribution in [0.2, 0.25) is 0 Å². The molecule has 0 unspecified atom stereocenters. The fourth-order valence-electron chi connectivity index (χ4n) is 2.18. The molecule has 0 aliphatic carbocycles. The molecule has 2 N–H and O–H groups in total. The highest BCUT2D eigenvalue weighted by molar-refractivity contribution is 5.75. The maximum atomic E-state index is 6.18. The number of anilines is 1. The predicted molar refractivity (Wildman–Crippen MR) is 80.8 cm³/mol. The summed E-state index contributed by atoms with van der Waals surface area (Å²) in [6, 6.07) is 13.7. The molecule has 0 fully saturated rings. The van der Waals surface area contributed by atoms with E-state index in [1.807, 2.05) is 53.1 Å². The van der Waals surface area contributed by atoms with Crippen LogP contribution in [0.4, 0.5) is 5.82 Å². The number of fused-ring (bicyclic) bond motifs is 1. The average Bonchev–Trinajstić information content (AvgIpc) is 2.83. The average molecular weight is 267 g/mol. The molecule has 4 nitrogen and oxygen atoms in total. The minimum Gasteiger partial charge on any atom is -0.494 e. The van der Waals surface area contributed by atoms with Crippen molar-refractivity contribution in [2.24, 2.45) is 0 Å². The number of nitrogens with two attached hydrogens (primary N) is 1. The van der Waals surface area contributed by atoms with Gasteiger partial charge in [-0.1, -0.05) is 25.1 Å². The Morgan fingerprint density at radius 1 is 1.20 bits per heavy atom. The van der Waals surface area contributed by atoms with Crippen molar-refractivity contribution in [1.29, 1.82) is 0 Å². The molecule has 3 aromatic rings. The number of aromatic nitrogens is 2. The van der Waals surface area contributed by atoms with Crippen LogP contribution in [-0.2, 0) is 0 Å². The van der Waals surface area contributed by atoms with Gasteiger partial charge >= 0.3 is 0 Å². The Balaban J connectivity index is 2.04. The normalized spacial score (nSPS) is 10.8. The van der Waals surface area contributed by atoms with Crippen molar-refractivity contribution in [2.75, 3.05) is 12.3 Å². The van der Waals surface area contributed by atoms with Crippen molar-refractivity contribution in [1.82, 2.24) is 9.38 Å². The first-order valence-corrected chi connectivity index (χ1v) is 6.75. The Morgan fingerprint density at radius 2 is 2.10 bits per heavy atom. The molecular formula is C16H17N3O. The van der Waals surface area contributed by atoms with Gasteiger partial charge in [0.1, 0.15) is 22.9 Å². The number of nitrogen functional groups attached to an aromatic ring is 1. The second-order valence-corrected chi connectivity index (χ2v) is 4.65. The van der Waals surface area contributed by atoms with E-state index in [0.29, 0.717) is 12.4 Å². The summed E-state index contributed by atoms with van der Waals surface area (Å²) >= 11 is 0. The lowest BCUT2D eigenvalue weighted by molar-refractivity contribution is 0.317. The summed E-state index contributed by atoms with van der Waals surface area (Å²) in [5.74, 6) is 1.49. The van der Waals surface area contributed by atoms with Gasteiger partial charge in [-0.15, -0.1) is 0 Å². The Kier molecular flexibility index (Phi) is 3.29. The first-order valence-electron chi connectivity index (χ1n) is 6.75. The fourth-order valence-corrected chi connectivity index (χ4v) is 2.18. The monoisotopic (exact) mass is 267 g/mol. The number of rotatable bonds is 4. The second-order valence-electron chi connectivity index (χ2n) is 4.65. The molecule has 20 heavy (non-hydrogen) atoms. The van der Waals surface area contributed by atoms with Crippen molar-refractivity contribution in [3.05, 3.63) is 48.7 Å². The van der Waals surface area contributed by atoms with Gasteiger partial charge in [-0.25, -0.2) is 4.98 Å². The third kappa shape index (κ3) is 2.20. The molecule has 0 atom stereocenters. The van der Waals surface area contributed by atoms with Crippen LogP contribution in [0, 0.1) is 0 Å². The van der Waals surface area contributed by atoms with Gasteiger partial charge in [0.2, 0.25) is 0 Å². The molecule has 0 spiro atoms. The summed E-state index contributed by atoms with van der Waals surface area (Å²) in [6.45, 7) is 2.80. The number of imidazole rings is 1. The molecule has 0 saturated heterocycles. The Bertz CT molecular complexity index is 733. The van der Waals surface area contributed by atoms with Gasteiger partial charge in [-0.3, -0.25) is 4.40 Å². The zero-order valence-corrected chi connectivity index (χ0v) is 11.4. The molecule has 4 heteroatoms. The van der Waals surface area contributed by atoms with E-state index in [4.69, 9.17) is 10.5 Å². The number of ether oxygens (including phenoxy) is 1. The number of benzene rings is 1. The molecule has 0 amide bonds. The third-order valence-corrected chi connectivity index (χ3v) is 3.15. The van der Waals surface area contributed by atoms with E-state index in [0.717, 1.165) is 29.1 Å². The van der Waals surface area contributed by atoms with Crippen molar-refractivity contribution in [3.8, 4) is 17.0 Å². The minimum absolute atomic E-state index is 0.647. The van der Waals surface area contributed by atoms with Gasteiger partial charge in [0.25, 0.3) is 0 Å². The standard InChI is InChI=1S/C16H17N3O/c1-2-10-20-13-7-5-6-12(11-13)15-16(17)19-9-4-3-8-14(19)18-15/h3-9,11H,2,10,17H2,1H3. The zero-order valence-electron chi connectivity index (χ0n) is 11.4. The highest BCUT2D eigenvalue weighted by Crippen LogP contribution is 2.28. The summed E-state index contributed by atoms with van der Waals surface area (Å²) in [5.41, 5.74) is 8.79. The fraction of sp³-hybridized carbons (Fsp3) is 0.188. The van der Waals surface area contributed by atoms with Crippen molar-refractivity contribution in [3.63, 3.8) is 0 Å². The van der Waals surface area contributed by atoms with Gasteiger partial charge in [-0.2, -0.15) is 0 Å². The van der Waals surface area contributed by atoms with Crippen LogP contribution in [0.15, 0.2) is 48.7 Å². The van der Waals surface area contributed by atoms with Crippen LogP contribution in [-0.4, -0.2) is 16.0 Å². The Labute approximate surface area is 117 Å². The van der Waals surface area contributed by atoms with Gasteiger partial charge in [0.15, 0.2) is 0 Å². The lowest BCUT2D eigenvalue weighted by atomic mass is 10.1. The topological polar surface area (TPSA) is 52.5 Å². The molecular weight excluding hydrogens is 250 g/mol. The highest BCUT2D eigenvalue weighted by atomic mass is 16.5. The Morgan fingerprint density at radius 3 is 2.90 bits per heavy atom. The SMILES string of the molecule is CCCOc1cccc(-c2nc3ccccn3c2N)c1. The highest BCUT2D eigenvalue weighted by Gasteiger charge is 2.11. The molecule has 1 aromatic carbocycles. The van der Waals surface area contributed by atoms with Crippen molar-refractivity contribution < 1.29 is 4.74 Å². The maximum absolute atomic E-state index is 6.18. The predicted octanol–water partition coefficient (Wildman–Crippen LogP) is 3.37. The van der Waals surface area contributed by atoms with Gasteiger partial charge in [-0.05, 0) is 30.7 Å². The molecule has 0 aliphatic rings. The van der Waals surface area contributed by atoms with E-state index >= 15 is 0 Å². The van der Waals surface area contributed by atoms with Gasteiger partial charge in [0.05, 0.1) is 6.61 Å². The summed E-state index contributed by atoms with van der Waals surface area (Å²) in [6.07, 6.45) is 2.90. The third-order valence-electron chi connectivity index (χ3n) is 3.15. The van der Waals surface area contributed by atoms with Crippen LogP contribution >= 0.6 is 0 Å². The van der Waals surface area contributed by atoms with Crippen molar-refractivity contribution in [2.45, 2.75) is 13.3 Å². The van der Waals surface area contributed by atoms with Gasteiger partial charge in [0, 0.05) is 11.8 Å². The van der Waals surface area contributed by atoms with E-state index in [2.05, 4.69) is 11.9 Å². The maximum Gasteiger partial charge on any atom is 0.139 e. The summed E-state index contributed by atoms with van der Waals surface area (Å²) in [4.78, 5) is 4.59. The molecule has 0 saturated carbocycles. The molecule has 2 heterocycles. The van der Waals surface area contributed by atoms with E-state index in [1.54, 1.807) is 0 Å². The van der Waals surface area contributed by atoms with Crippen LogP contribution in [0.25, 0.3) is 16.9 Å². The largest absolute Gasteiger partial charge is 0.494 e. The number of nitrogens with zero attached hydrogens (tertiary/aromatic N) is 2. The molecule has 2 aromatic heterocycles. The van der Waals surface area contributed by atoms with Crippen LogP contribution < -0.4 is 10.5 Å². The minimum atomic E-state index is 0.647.